The van der Waals surface area contributed by atoms with Crippen LogP contribution in [0, 0.1) is 6.92 Å². The van der Waals surface area contributed by atoms with Gasteiger partial charge in [0.2, 0.25) is 10.8 Å². The zero-order valence-electron chi connectivity index (χ0n) is 14.9. The van der Waals surface area contributed by atoms with Crippen LogP contribution < -0.4 is 0 Å². The number of nitrogens with zero attached hydrogens (tertiary/aromatic N) is 4. The zero-order chi connectivity index (χ0) is 18.4. The highest BCUT2D eigenvalue weighted by Crippen LogP contribution is 2.42. The molecule has 4 rings (SSSR count). The fraction of sp³-hybridized carbons (Fsp3) is 0.444. The van der Waals surface area contributed by atoms with Gasteiger partial charge in [-0.2, -0.15) is 4.52 Å². The predicted molar refractivity (Wildman–Crippen MR) is 102 cm³/mol. The summed E-state index contributed by atoms with van der Waals surface area (Å²) in [7, 11) is 0. The van der Waals surface area contributed by atoms with Crippen molar-refractivity contribution >= 4 is 27.9 Å². The highest BCUT2D eigenvalue weighted by atomic mass is 35.5. The molecule has 1 saturated heterocycles. The van der Waals surface area contributed by atoms with Gasteiger partial charge in [-0.1, -0.05) is 41.1 Å². The number of hydrogen-bond donors (Lipinski definition) is 1. The number of benzene rings is 1. The van der Waals surface area contributed by atoms with Gasteiger partial charge in [0.05, 0.1) is 23.1 Å². The van der Waals surface area contributed by atoms with Gasteiger partial charge < -0.3 is 9.84 Å². The van der Waals surface area contributed by atoms with Crippen molar-refractivity contribution in [1.29, 1.82) is 0 Å². The first-order valence-corrected chi connectivity index (χ1v) is 9.82. The fourth-order valence-electron chi connectivity index (χ4n) is 3.66. The minimum Gasteiger partial charge on any atom is -0.492 e. The first-order valence-electron chi connectivity index (χ1n) is 8.63. The molecule has 1 N–H and O–H groups in total. The Morgan fingerprint density at radius 2 is 1.96 bits per heavy atom. The highest BCUT2D eigenvalue weighted by Gasteiger charge is 2.34. The summed E-state index contributed by atoms with van der Waals surface area (Å²) in [5.41, 5.74) is 0.965. The SMILES string of the molecule is Cc1nc2sc([C@@H](c3ccccc3Cl)N3C[C@@H](C)O[C@H](C)C3)c(O)n2n1. The lowest BCUT2D eigenvalue weighted by atomic mass is 10.0. The van der Waals surface area contributed by atoms with Crippen molar-refractivity contribution in [3.63, 3.8) is 0 Å². The van der Waals surface area contributed by atoms with Crippen LogP contribution in [-0.4, -0.2) is 49.9 Å². The second-order valence-corrected chi connectivity index (χ2v) is 8.19. The first kappa shape index (κ1) is 17.7. The molecule has 138 valence electrons. The molecule has 1 fully saturated rings. The molecule has 1 aliphatic heterocycles. The molecule has 26 heavy (non-hydrogen) atoms. The van der Waals surface area contributed by atoms with E-state index >= 15 is 0 Å². The molecule has 0 unspecified atom stereocenters. The maximum absolute atomic E-state index is 10.9. The number of rotatable bonds is 3. The second-order valence-electron chi connectivity index (χ2n) is 6.78. The Hall–Kier alpha value is -1.67. The minimum atomic E-state index is -0.175. The second kappa shape index (κ2) is 6.81. The molecule has 3 heterocycles. The van der Waals surface area contributed by atoms with Crippen LogP contribution in [0.1, 0.15) is 36.2 Å². The summed E-state index contributed by atoms with van der Waals surface area (Å²) in [6.07, 6.45) is 0.214. The Morgan fingerprint density at radius 1 is 1.27 bits per heavy atom. The van der Waals surface area contributed by atoms with Crippen molar-refractivity contribution < 1.29 is 9.84 Å². The van der Waals surface area contributed by atoms with Gasteiger partial charge in [0, 0.05) is 18.1 Å². The number of ether oxygens (including phenoxy) is 1. The molecule has 0 amide bonds. The Labute approximate surface area is 161 Å². The molecule has 0 bridgehead atoms. The third kappa shape index (κ3) is 3.09. The summed E-state index contributed by atoms with van der Waals surface area (Å²) in [5, 5.41) is 15.8. The van der Waals surface area contributed by atoms with Gasteiger partial charge in [-0.3, -0.25) is 4.90 Å². The summed E-state index contributed by atoms with van der Waals surface area (Å²) in [6, 6.07) is 7.61. The number of aromatic hydroxyl groups is 1. The molecule has 2 aromatic heterocycles. The number of aryl methyl sites for hydroxylation is 1. The normalized spacial score (nSPS) is 22.8. The molecule has 0 aliphatic carbocycles. The van der Waals surface area contributed by atoms with Gasteiger partial charge in [-0.25, -0.2) is 4.98 Å². The fourth-order valence-corrected chi connectivity index (χ4v) is 5.05. The van der Waals surface area contributed by atoms with E-state index in [1.54, 1.807) is 0 Å². The predicted octanol–water partition coefficient (Wildman–Crippen LogP) is 3.66. The number of fused-ring (bicyclic) bond motifs is 1. The maximum Gasteiger partial charge on any atom is 0.230 e. The molecule has 1 aromatic carbocycles. The van der Waals surface area contributed by atoms with Crippen molar-refractivity contribution in [2.24, 2.45) is 0 Å². The van der Waals surface area contributed by atoms with E-state index < -0.39 is 0 Å². The van der Waals surface area contributed by atoms with Crippen LogP contribution in [0.2, 0.25) is 5.02 Å². The molecule has 6 nitrogen and oxygen atoms in total. The van der Waals surface area contributed by atoms with Crippen LogP contribution in [0.4, 0.5) is 0 Å². The van der Waals surface area contributed by atoms with E-state index in [4.69, 9.17) is 16.3 Å². The maximum atomic E-state index is 10.9. The third-order valence-corrected chi connectivity index (χ3v) is 5.98. The lowest BCUT2D eigenvalue weighted by molar-refractivity contribution is -0.0764. The standard InChI is InChI=1S/C18H21ClN4O2S/c1-10-8-22(9-11(2)25-10)15(13-6-4-5-7-14(13)19)16-17(24)23-18(26-16)20-12(3)21-23/h4-7,10-11,15,24H,8-9H2,1-3H3/t10-,11-,15-/m1/s1. The van der Waals surface area contributed by atoms with Crippen molar-refractivity contribution in [2.75, 3.05) is 13.1 Å². The first-order chi connectivity index (χ1) is 12.4. The monoisotopic (exact) mass is 392 g/mol. The Bertz CT molecular complexity index is 931. The molecule has 0 saturated carbocycles. The lowest BCUT2D eigenvalue weighted by Crippen LogP contribution is -2.47. The minimum absolute atomic E-state index is 0.107. The van der Waals surface area contributed by atoms with E-state index in [0.29, 0.717) is 15.8 Å². The third-order valence-electron chi connectivity index (χ3n) is 4.57. The van der Waals surface area contributed by atoms with Crippen molar-refractivity contribution in [2.45, 2.75) is 39.0 Å². The summed E-state index contributed by atoms with van der Waals surface area (Å²) in [6.45, 7) is 7.46. The number of thiazole rings is 1. The topological polar surface area (TPSA) is 62.9 Å². The molecule has 8 heteroatoms. The van der Waals surface area contributed by atoms with Crippen molar-refractivity contribution in [3.8, 4) is 5.88 Å². The summed E-state index contributed by atoms with van der Waals surface area (Å²) in [5.74, 6) is 0.767. The number of hydrogen-bond acceptors (Lipinski definition) is 6. The Kier molecular flexibility index (Phi) is 4.64. The van der Waals surface area contributed by atoms with Gasteiger partial charge in [0.1, 0.15) is 5.82 Å². The van der Waals surface area contributed by atoms with E-state index in [1.165, 1.54) is 15.9 Å². The Morgan fingerprint density at radius 3 is 2.62 bits per heavy atom. The Balaban J connectivity index is 1.85. The van der Waals surface area contributed by atoms with Gasteiger partial charge in [-0.05, 0) is 32.4 Å². The number of halogens is 1. The van der Waals surface area contributed by atoms with Gasteiger partial charge >= 0.3 is 0 Å². The van der Waals surface area contributed by atoms with Crippen LogP contribution in [0.3, 0.4) is 0 Å². The van der Waals surface area contributed by atoms with Crippen LogP contribution in [-0.2, 0) is 4.74 Å². The van der Waals surface area contributed by atoms with Crippen LogP contribution >= 0.6 is 22.9 Å². The smallest absolute Gasteiger partial charge is 0.230 e. The quantitative estimate of drug-likeness (QED) is 0.737. The molecule has 0 spiro atoms. The van der Waals surface area contributed by atoms with E-state index in [-0.39, 0.29) is 24.1 Å². The molecule has 0 radical (unpaired) electrons. The molecular weight excluding hydrogens is 372 g/mol. The van der Waals surface area contributed by atoms with E-state index in [9.17, 15) is 5.11 Å². The summed E-state index contributed by atoms with van der Waals surface area (Å²) in [4.78, 5) is 8.20. The summed E-state index contributed by atoms with van der Waals surface area (Å²) < 4.78 is 7.40. The van der Waals surface area contributed by atoms with Crippen LogP contribution in [0.15, 0.2) is 24.3 Å². The molecular formula is C18H21ClN4O2S. The molecule has 3 atom stereocenters. The van der Waals surface area contributed by atoms with Crippen molar-refractivity contribution in [1.82, 2.24) is 19.5 Å². The van der Waals surface area contributed by atoms with E-state index in [2.05, 4.69) is 28.8 Å². The zero-order valence-corrected chi connectivity index (χ0v) is 16.5. The number of morpholine rings is 1. The van der Waals surface area contributed by atoms with E-state index in [1.807, 2.05) is 31.2 Å². The van der Waals surface area contributed by atoms with Crippen LogP contribution in [0.5, 0.6) is 5.88 Å². The average Bonchev–Trinajstić information content (AvgIpc) is 3.07. The molecule has 3 aromatic rings. The van der Waals surface area contributed by atoms with Crippen LogP contribution in [0.25, 0.3) is 4.96 Å². The van der Waals surface area contributed by atoms with Gasteiger partial charge in [0.15, 0.2) is 0 Å². The average molecular weight is 393 g/mol. The molecule has 1 aliphatic rings. The van der Waals surface area contributed by atoms with Gasteiger partial charge in [-0.15, -0.1) is 5.10 Å². The largest absolute Gasteiger partial charge is 0.492 e. The summed E-state index contributed by atoms with van der Waals surface area (Å²) >= 11 is 7.99. The number of aromatic nitrogens is 3. The highest BCUT2D eigenvalue weighted by molar-refractivity contribution is 7.17. The van der Waals surface area contributed by atoms with E-state index in [0.717, 1.165) is 23.5 Å². The van der Waals surface area contributed by atoms with Crippen molar-refractivity contribution in [3.05, 3.63) is 45.6 Å². The van der Waals surface area contributed by atoms with Gasteiger partial charge in [0.25, 0.3) is 0 Å². The lowest BCUT2D eigenvalue weighted by Gasteiger charge is -2.40.